The standard InChI is InChI=1S/C13H10F2N2S/c1-2-8(6-16)12-7-18-13(17-12)9-3-4-10(14)11(15)5-9/h3-5,7-8H,2H2,1H3. The van der Waals surface area contributed by atoms with E-state index in [1.807, 2.05) is 6.92 Å². The van der Waals surface area contributed by atoms with Gasteiger partial charge in [-0.15, -0.1) is 11.3 Å². The Morgan fingerprint density at radius 2 is 2.17 bits per heavy atom. The molecule has 5 heteroatoms. The minimum Gasteiger partial charge on any atom is -0.240 e. The number of hydrogen-bond acceptors (Lipinski definition) is 3. The highest BCUT2D eigenvalue weighted by Gasteiger charge is 2.14. The normalized spacial score (nSPS) is 12.1. The van der Waals surface area contributed by atoms with Crippen molar-refractivity contribution in [3.63, 3.8) is 0 Å². The van der Waals surface area contributed by atoms with Gasteiger partial charge in [-0.2, -0.15) is 5.26 Å². The van der Waals surface area contributed by atoms with Crippen LogP contribution in [-0.2, 0) is 0 Å². The van der Waals surface area contributed by atoms with Crippen molar-refractivity contribution in [3.8, 4) is 16.6 Å². The highest BCUT2D eigenvalue weighted by Crippen LogP contribution is 2.28. The van der Waals surface area contributed by atoms with Gasteiger partial charge in [0, 0.05) is 10.9 Å². The van der Waals surface area contributed by atoms with Crippen molar-refractivity contribution in [3.05, 3.63) is 40.9 Å². The molecular formula is C13H10F2N2S. The third kappa shape index (κ3) is 2.39. The fourth-order valence-corrected chi connectivity index (χ4v) is 2.45. The zero-order valence-corrected chi connectivity index (χ0v) is 10.5. The number of benzene rings is 1. The van der Waals surface area contributed by atoms with Gasteiger partial charge in [0.2, 0.25) is 0 Å². The predicted molar refractivity (Wildman–Crippen MR) is 66.1 cm³/mol. The quantitative estimate of drug-likeness (QED) is 0.836. The molecule has 1 atom stereocenters. The van der Waals surface area contributed by atoms with E-state index in [9.17, 15) is 8.78 Å². The van der Waals surface area contributed by atoms with E-state index in [1.165, 1.54) is 17.4 Å². The van der Waals surface area contributed by atoms with Crippen LogP contribution in [0.2, 0.25) is 0 Å². The summed E-state index contributed by atoms with van der Waals surface area (Å²) in [6.07, 6.45) is 0.678. The van der Waals surface area contributed by atoms with Crippen molar-refractivity contribution >= 4 is 11.3 Å². The van der Waals surface area contributed by atoms with E-state index in [1.54, 1.807) is 5.38 Å². The third-order valence-electron chi connectivity index (χ3n) is 2.61. The van der Waals surface area contributed by atoms with Crippen LogP contribution in [-0.4, -0.2) is 4.98 Å². The first kappa shape index (κ1) is 12.7. The summed E-state index contributed by atoms with van der Waals surface area (Å²) < 4.78 is 25.9. The molecule has 0 spiro atoms. The van der Waals surface area contributed by atoms with Crippen molar-refractivity contribution in [2.45, 2.75) is 19.3 Å². The second-order valence-electron chi connectivity index (χ2n) is 3.80. The first-order valence-corrected chi connectivity index (χ1v) is 6.34. The number of nitrogens with zero attached hydrogens (tertiary/aromatic N) is 2. The summed E-state index contributed by atoms with van der Waals surface area (Å²) >= 11 is 1.32. The zero-order chi connectivity index (χ0) is 13.1. The maximum Gasteiger partial charge on any atom is 0.159 e. The average Bonchev–Trinajstić information content (AvgIpc) is 2.84. The van der Waals surface area contributed by atoms with Gasteiger partial charge in [-0.25, -0.2) is 13.8 Å². The molecular weight excluding hydrogens is 254 g/mol. The molecule has 2 rings (SSSR count). The lowest BCUT2D eigenvalue weighted by atomic mass is 10.1. The first-order chi connectivity index (χ1) is 8.65. The summed E-state index contributed by atoms with van der Waals surface area (Å²) in [7, 11) is 0. The number of aromatic nitrogens is 1. The van der Waals surface area contributed by atoms with Gasteiger partial charge in [0.25, 0.3) is 0 Å². The van der Waals surface area contributed by atoms with Crippen molar-refractivity contribution in [1.29, 1.82) is 5.26 Å². The predicted octanol–water partition coefficient (Wildman–Crippen LogP) is 4.11. The van der Waals surface area contributed by atoms with Gasteiger partial charge >= 0.3 is 0 Å². The summed E-state index contributed by atoms with van der Waals surface area (Å²) in [5.41, 5.74) is 1.21. The summed E-state index contributed by atoms with van der Waals surface area (Å²) in [5.74, 6) is -2.02. The summed E-state index contributed by atoms with van der Waals surface area (Å²) in [6, 6.07) is 5.84. The van der Waals surface area contributed by atoms with Crippen LogP contribution >= 0.6 is 11.3 Å². The molecule has 0 fully saturated rings. The topological polar surface area (TPSA) is 36.7 Å². The summed E-state index contributed by atoms with van der Waals surface area (Å²) in [6.45, 7) is 1.91. The molecule has 0 aliphatic heterocycles. The van der Waals surface area contributed by atoms with E-state index in [2.05, 4.69) is 11.1 Å². The minimum atomic E-state index is -0.892. The maximum atomic E-state index is 13.1. The minimum absolute atomic E-state index is 0.250. The molecule has 0 saturated heterocycles. The average molecular weight is 264 g/mol. The first-order valence-electron chi connectivity index (χ1n) is 5.46. The van der Waals surface area contributed by atoms with E-state index < -0.39 is 11.6 Å². The Bertz CT molecular complexity index is 601. The molecule has 0 saturated carbocycles. The molecule has 0 radical (unpaired) electrons. The second-order valence-corrected chi connectivity index (χ2v) is 4.65. The molecule has 2 aromatic rings. The van der Waals surface area contributed by atoms with E-state index in [4.69, 9.17) is 5.26 Å². The fourth-order valence-electron chi connectivity index (χ4n) is 1.57. The molecule has 1 aromatic carbocycles. The van der Waals surface area contributed by atoms with Crippen LogP contribution in [0.15, 0.2) is 23.6 Å². The van der Waals surface area contributed by atoms with Crippen LogP contribution in [0.4, 0.5) is 8.78 Å². The molecule has 0 aliphatic carbocycles. The van der Waals surface area contributed by atoms with Gasteiger partial charge in [-0.1, -0.05) is 6.92 Å². The molecule has 0 bridgehead atoms. The Morgan fingerprint density at radius 3 is 2.78 bits per heavy atom. The van der Waals surface area contributed by atoms with Gasteiger partial charge in [-0.3, -0.25) is 0 Å². The molecule has 92 valence electrons. The largest absolute Gasteiger partial charge is 0.240 e. The van der Waals surface area contributed by atoms with Crippen molar-refractivity contribution in [2.75, 3.05) is 0 Å². The molecule has 18 heavy (non-hydrogen) atoms. The molecule has 2 nitrogen and oxygen atoms in total. The molecule has 1 unspecified atom stereocenters. The van der Waals surface area contributed by atoms with E-state index in [0.717, 1.165) is 12.1 Å². The lowest BCUT2D eigenvalue weighted by Gasteiger charge is -2.00. The highest BCUT2D eigenvalue weighted by atomic mass is 32.1. The van der Waals surface area contributed by atoms with Crippen molar-refractivity contribution < 1.29 is 8.78 Å². The Balaban J connectivity index is 2.35. The van der Waals surface area contributed by atoms with E-state index >= 15 is 0 Å². The lowest BCUT2D eigenvalue weighted by molar-refractivity contribution is 0.509. The van der Waals surface area contributed by atoms with Crippen LogP contribution in [0, 0.1) is 23.0 Å². The Labute approximate surface area is 108 Å². The van der Waals surface area contributed by atoms with E-state index in [0.29, 0.717) is 22.7 Å². The Morgan fingerprint density at radius 1 is 1.39 bits per heavy atom. The maximum absolute atomic E-state index is 13.1. The van der Waals surface area contributed by atoms with Crippen LogP contribution < -0.4 is 0 Å². The zero-order valence-electron chi connectivity index (χ0n) is 9.65. The van der Waals surface area contributed by atoms with Crippen LogP contribution in [0.1, 0.15) is 25.0 Å². The van der Waals surface area contributed by atoms with Crippen molar-refractivity contribution in [1.82, 2.24) is 4.98 Å². The molecule has 0 N–H and O–H groups in total. The van der Waals surface area contributed by atoms with Gasteiger partial charge < -0.3 is 0 Å². The Kier molecular flexibility index (Phi) is 3.68. The number of thiazole rings is 1. The highest BCUT2D eigenvalue weighted by molar-refractivity contribution is 7.13. The Hall–Kier alpha value is -1.80. The molecule has 1 aromatic heterocycles. The van der Waals surface area contributed by atoms with Gasteiger partial charge in [-0.05, 0) is 24.6 Å². The number of nitriles is 1. The fraction of sp³-hybridized carbons (Fsp3) is 0.231. The van der Waals surface area contributed by atoms with Gasteiger partial charge in [0.1, 0.15) is 5.01 Å². The van der Waals surface area contributed by atoms with Crippen LogP contribution in [0.25, 0.3) is 10.6 Å². The van der Waals surface area contributed by atoms with Crippen LogP contribution in [0.3, 0.4) is 0 Å². The summed E-state index contributed by atoms with van der Waals surface area (Å²) in [5, 5.41) is 11.3. The number of rotatable bonds is 3. The molecule has 0 aliphatic rings. The second kappa shape index (κ2) is 5.23. The van der Waals surface area contributed by atoms with Crippen LogP contribution in [0.5, 0.6) is 0 Å². The summed E-state index contributed by atoms with van der Waals surface area (Å²) in [4.78, 5) is 4.30. The number of hydrogen-bond donors (Lipinski definition) is 0. The van der Waals surface area contributed by atoms with Gasteiger partial charge in [0.05, 0.1) is 17.7 Å². The van der Waals surface area contributed by atoms with Crippen molar-refractivity contribution in [2.24, 2.45) is 0 Å². The van der Waals surface area contributed by atoms with Gasteiger partial charge in [0.15, 0.2) is 11.6 Å². The lowest BCUT2D eigenvalue weighted by Crippen LogP contribution is -1.93. The molecule has 0 amide bonds. The monoisotopic (exact) mass is 264 g/mol. The van der Waals surface area contributed by atoms with E-state index in [-0.39, 0.29) is 5.92 Å². The number of halogens is 2. The molecule has 1 heterocycles. The SMILES string of the molecule is CCC(C#N)c1csc(-c2ccc(F)c(F)c2)n1. The third-order valence-corrected chi connectivity index (χ3v) is 3.52. The smallest absolute Gasteiger partial charge is 0.159 e.